The zero-order valence-corrected chi connectivity index (χ0v) is 21.8. The molecule has 0 unspecified atom stereocenters. The van der Waals surface area contributed by atoms with Gasteiger partial charge in [-0.2, -0.15) is 0 Å². The van der Waals surface area contributed by atoms with Crippen molar-refractivity contribution in [3.8, 4) is 0 Å². The molecule has 0 aliphatic carbocycles. The monoisotopic (exact) mass is 515 g/mol. The smallest absolute Gasteiger partial charge is 0.249 e. The molecule has 1 heterocycles. The van der Waals surface area contributed by atoms with E-state index in [2.05, 4.69) is 15.6 Å². The summed E-state index contributed by atoms with van der Waals surface area (Å²) in [6.07, 6.45) is 0.620. The molecule has 4 rings (SSSR count). The van der Waals surface area contributed by atoms with Gasteiger partial charge in [0.25, 0.3) is 0 Å². The van der Waals surface area contributed by atoms with Crippen LogP contribution in [0.1, 0.15) is 56.1 Å². The van der Waals surface area contributed by atoms with E-state index in [0.29, 0.717) is 28.7 Å². The average molecular weight is 516 g/mol. The number of halogens is 1. The molecule has 0 aliphatic heterocycles. The number of nitrogens with one attached hydrogen (secondary N) is 1. The van der Waals surface area contributed by atoms with Gasteiger partial charge < -0.3 is 5.32 Å². The van der Waals surface area contributed by atoms with Crippen LogP contribution < -0.4 is 10.2 Å². The first-order valence-electron chi connectivity index (χ1n) is 12.4. The average Bonchev–Trinajstić information content (AvgIpc) is 3.30. The van der Waals surface area contributed by atoms with Gasteiger partial charge >= 0.3 is 0 Å². The van der Waals surface area contributed by atoms with Crippen molar-refractivity contribution >= 4 is 34.3 Å². The van der Waals surface area contributed by atoms with E-state index in [1.165, 1.54) is 34.7 Å². The summed E-state index contributed by atoms with van der Waals surface area (Å²) in [5, 5.41) is 11.2. The Morgan fingerprint density at radius 1 is 1.00 bits per heavy atom. The lowest BCUT2D eigenvalue weighted by atomic mass is 9.97. The molecule has 0 saturated heterocycles. The Bertz CT molecular complexity index is 1480. The Morgan fingerprint density at radius 2 is 1.66 bits per heavy atom. The Morgan fingerprint density at radius 3 is 2.32 bits per heavy atom. The quantitative estimate of drug-likeness (QED) is 0.321. The third-order valence-corrected chi connectivity index (χ3v) is 6.58. The molecular weight excluding hydrogens is 485 g/mol. The first-order chi connectivity index (χ1) is 18.1. The van der Waals surface area contributed by atoms with Crippen molar-refractivity contribution in [3.05, 3.63) is 89.7 Å². The molecule has 38 heavy (non-hydrogen) atoms. The Hall–Kier alpha value is -4.40. The molecule has 0 aliphatic rings. The van der Waals surface area contributed by atoms with Crippen molar-refractivity contribution in [2.75, 3.05) is 4.90 Å². The number of fused-ring (bicyclic) bond motifs is 1. The summed E-state index contributed by atoms with van der Waals surface area (Å²) in [5.74, 6) is -1.80. The number of hydrogen-bond acceptors (Lipinski definition) is 5. The van der Waals surface area contributed by atoms with Gasteiger partial charge in [-0.3, -0.25) is 19.3 Å². The van der Waals surface area contributed by atoms with Crippen LogP contribution in [0.3, 0.4) is 0 Å². The summed E-state index contributed by atoms with van der Waals surface area (Å²) in [6.45, 7) is 6.84. The molecule has 4 aromatic rings. The van der Waals surface area contributed by atoms with Crippen molar-refractivity contribution in [1.82, 2.24) is 20.3 Å². The van der Waals surface area contributed by atoms with Crippen LogP contribution in [0, 0.1) is 5.82 Å². The van der Waals surface area contributed by atoms with Gasteiger partial charge in [-0.25, -0.2) is 9.07 Å². The summed E-state index contributed by atoms with van der Waals surface area (Å²) >= 11 is 0. The van der Waals surface area contributed by atoms with Gasteiger partial charge in [0.1, 0.15) is 23.9 Å². The highest BCUT2D eigenvalue weighted by molar-refractivity contribution is 6.02. The van der Waals surface area contributed by atoms with Gasteiger partial charge in [0, 0.05) is 22.4 Å². The van der Waals surface area contributed by atoms with Crippen molar-refractivity contribution in [1.29, 1.82) is 0 Å². The van der Waals surface area contributed by atoms with Gasteiger partial charge in [0.15, 0.2) is 5.78 Å². The maximum atomic E-state index is 15.2. The lowest BCUT2D eigenvalue weighted by Crippen LogP contribution is -2.51. The molecule has 3 aromatic carbocycles. The van der Waals surface area contributed by atoms with E-state index in [1.54, 1.807) is 42.5 Å². The summed E-state index contributed by atoms with van der Waals surface area (Å²) < 4.78 is 16.7. The van der Waals surface area contributed by atoms with Crippen LogP contribution in [-0.4, -0.2) is 38.1 Å². The number of carbonyl (C=O) groups excluding carboxylic acids is 3. The minimum absolute atomic E-state index is 0.0457. The number of carbonyl (C=O) groups is 3. The number of rotatable bonds is 9. The summed E-state index contributed by atoms with van der Waals surface area (Å²) in [6, 6.07) is 18.1. The van der Waals surface area contributed by atoms with Crippen molar-refractivity contribution in [2.45, 2.75) is 52.2 Å². The molecule has 9 heteroatoms. The van der Waals surface area contributed by atoms with Crippen LogP contribution in [0.2, 0.25) is 0 Å². The largest absolute Gasteiger partial charge is 0.349 e. The molecule has 0 bridgehead atoms. The first-order valence-corrected chi connectivity index (χ1v) is 12.4. The summed E-state index contributed by atoms with van der Waals surface area (Å²) in [7, 11) is 0. The van der Waals surface area contributed by atoms with Crippen LogP contribution >= 0.6 is 0 Å². The van der Waals surface area contributed by atoms with Crippen molar-refractivity contribution in [2.24, 2.45) is 0 Å². The highest BCUT2D eigenvalue weighted by Gasteiger charge is 2.36. The molecule has 196 valence electrons. The van der Waals surface area contributed by atoms with Gasteiger partial charge in [0.05, 0.1) is 5.52 Å². The SMILES string of the molecule is CCC(C)(C)NC(=O)[C@@H](c1ccccc1F)N(C(=O)Cn1nnc2ccccc21)c1ccc(C(C)=O)cc1. The Labute approximate surface area is 220 Å². The number of para-hydroxylation sites is 1. The van der Waals surface area contributed by atoms with Gasteiger partial charge in [-0.15, -0.1) is 5.10 Å². The molecular formula is C29H30FN5O3. The van der Waals surface area contributed by atoms with E-state index in [-0.39, 0.29) is 17.9 Å². The van der Waals surface area contributed by atoms with Crippen LogP contribution in [0.5, 0.6) is 0 Å². The third kappa shape index (κ3) is 5.61. The number of benzene rings is 3. The highest BCUT2D eigenvalue weighted by Crippen LogP contribution is 2.31. The topological polar surface area (TPSA) is 97.2 Å². The maximum Gasteiger partial charge on any atom is 0.249 e. The van der Waals surface area contributed by atoms with E-state index in [0.717, 1.165) is 0 Å². The van der Waals surface area contributed by atoms with Gasteiger partial charge in [0.2, 0.25) is 11.8 Å². The third-order valence-electron chi connectivity index (χ3n) is 6.58. The standard InChI is InChI=1S/C29H30FN5O3/c1-5-29(3,4)31-28(38)27(22-10-6-7-11-23(22)30)35(21-16-14-20(15-17-21)19(2)36)26(37)18-34-25-13-9-8-12-24(25)32-33-34/h6-17,27H,5,18H2,1-4H3,(H,31,38)/t27-/m1/s1. The number of aromatic nitrogens is 3. The molecule has 1 aromatic heterocycles. The predicted octanol–water partition coefficient (Wildman–Crippen LogP) is 4.85. The number of Topliss-reactive ketones (excluding diaryl/α,β-unsaturated/α-hetero) is 1. The fourth-order valence-electron chi connectivity index (χ4n) is 4.12. The lowest BCUT2D eigenvalue weighted by molar-refractivity contribution is -0.128. The van der Waals surface area contributed by atoms with E-state index >= 15 is 4.39 Å². The molecule has 0 radical (unpaired) electrons. The molecule has 0 spiro atoms. The van der Waals surface area contributed by atoms with Crippen LogP contribution in [0.4, 0.5) is 10.1 Å². The first kappa shape index (κ1) is 26.7. The van der Waals surface area contributed by atoms with E-state index < -0.39 is 29.2 Å². The van der Waals surface area contributed by atoms with Crippen molar-refractivity contribution in [3.63, 3.8) is 0 Å². The normalized spacial score (nSPS) is 12.2. The van der Waals surface area contributed by atoms with Crippen molar-refractivity contribution < 1.29 is 18.8 Å². The fourth-order valence-corrected chi connectivity index (χ4v) is 4.12. The fraction of sp³-hybridized carbons (Fsp3) is 0.276. The van der Waals surface area contributed by atoms with Crippen LogP contribution in [0.15, 0.2) is 72.8 Å². The lowest BCUT2D eigenvalue weighted by Gasteiger charge is -2.34. The van der Waals surface area contributed by atoms with Gasteiger partial charge in [-0.1, -0.05) is 42.5 Å². The second-order valence-electron chi connectivity index (χ2n) is 9.75. The molecule has 1 atom stereocenters. The number of hydrogen-bond donors (Lipinski definition) is 1. The number of amides is 2. The Kier molecular flexibility index (Phi) is 7.66. The second kappa shape index (κ2) is 10.9. The Balaban J connectivity index is 1.85. The summed E-state index contributed by atoms with van der Waals surface area (Å²) in [5.41, 5.74) is 1.49. The maximum absolute atomic E-state index is 15.2. The zero-order chi connectivity index (χ0) is 27.4. The van der Waals surface area contributed by atoms with Crippen LogP contribution in [0.25, 0.3) is 11.0 Å². The minimum Gasteiger partial charge on any atom is -0.349 e. The molecule has 0 saturated carbocycles. The molecule has 8 nitrogen and oxygen atoms in total. The predicted molar refractivity (Wildman–Crippen MR) is 143 cm³/mol. The summed E-state index contributed by atoms with van der Waals surface area (Å²) in [4.78, 5) is 41.0. The highest BCUT2D eigenvalue weighted by atomic mass is 19.1. The van der Waals surface area contributed by atoms with E-state index in [4.69, 9.17) is 0 Å². The zero-order valence-electron chi connectivity index (χ0n) is 21.8. The van der Waals surface area contributed by atoms with E-state index in [1.807, 2.05) is 32.9 Å². The van der Waals surface area contributed by atoms with Gasteiger partial charge in [-0.05, 0) is 69.7 Å². The number of anilines is 1. The number of nitrogens with zero attached hydrogens (tertiary/aromatic N) is 4. The molecule has 0 fully saturated rings. The second-order valence-corrected chi connectivity index (χ2v) is 9.75. The van der Waals surface area contributed by atoms with Crippen LogP contribution in [-0.2, 0) is 16.1 Å². The molecule has 1 N–H and O–H groups in total. The van der Waals surface area contributed by atoms with E-state index in [9.17, 15) is 14.4 Å². The minimum atomic E-state index is -1.33. The number of ketones is 1. The molecule has 2 amide bonds.